The minimum atomic E-state index is -3.83. The first kappa shape index (κ1) is 35.3. The molecule has 1 aliphatic carbocycles. The van der Waals surface area contributed by atoms with Crippen LogP contribution in [0.1, 0.15) is 63.1 Å². The number of hydrogen-bond acceptors (Lipinski definition) is 6. The number of pyridine rings is 2. The summed E-state index contributed by atoms with van der Waals surface area (Å²) < 4.78 is 80.9. The molecule has 0 aliphatic heterocycles. The molecule has 264 valence electrons. The summed E-state index contributed by atoms with van der Waals surface area (Å²) in [7, 11) is 1.36. The summed E-state index contributed by atoms with van der Waals surface area (Å²) in [5, 5.41) is 9.58. The summed E-state index contributed by atoms with van der Waals surface area (Å²) >= 11 is 0. The van der Waals surface area contributed by atoms with Crippen molar-refractivity contribution in [2.75, 3.05) is 7.05 Å². The molecule has 3 heterocycles. The van der Waals surface area contributed by atoms with E-state index in [9.17, 15) is 22.8 Å². The number of hydrogen-bond donors (Lipinski definition) is 2. The minimum absolute atomic E-state index is 0.167. The number of alkyl halides is 2. The van der Waals surface area contributed by atoms with Gasteiger partial charge in [-0.2, -0.15) is 13.9 Å². The van der Waals surface area contributed by atoms with Gasteiger partial charge in [-0.05, 0) is 85.7 Å². The highest BCUT2D eigenvalue weighted by atomic mass is 19.3. The molecule has 0 radical (unpaired) electrons. The topological polar surface area (TPSA) is 111 Å². The van der Waals surface area contributed by atoms with Gasteiger partial charge in [0.25, 0.3) is 5.91 Å². The van der Waals surface area contributed by atoms with Gasteiger partial charge in [0, 0.05) is 36.6 Å². The van der Waals surface area contributed by atoms with Crippen molar-refractivity contribution in [1.82, 2.24) is 30.4 Å². The molecule has 6 rings (SSSR count). The Labute approximate surface area is 289 Å². The fraction of sp³-hybridized carbons (Fsp3) is 0.270. The van der Waals surface area contributed by atoms with Crippen molar-refractivity contribution in [2.45, 2.75) is 57.4 Å². The number of carbonyl (C=O) groups is 2. The van der Waals surface area contributed by atoms with E-state index >= 15 is 8.78 Å². The molecule has 1 atom stereocenters. The fourth-order valence-corrected chi connectivity index (χ4v) is 6.26. The van der Waals surface area contributed by atoms with E-state index in [0.717, 1.165) is 29.3 Å². The molecular formula is C37H33F5N6O3. The van der Waals surface area contributed by atoms with E-state index in [1.54, 1.807) is 30.3 Å². The number of carbonyl (C=O) groups excluding carboxylic acids is 2. The first-order valence-electron chi connectivity index (χ1n) is 16.2. The zero-order valence-corrected chi connectivity index (χ0v) is 27.4. The number of halogens is 5. The molecule has 3 aromatic heterocycles. The van der Waals surface area contributed by atoms with Gasteiger partial charge in [0.1, 0.15) is 29.7 Å². The third-order valence-electron chi connectivity index (χ3n) is 8.54. The Hall–Kier alpha value is -5.50. The van der Waals surface area contributed by atoms with Crippen molar-refractivity contribution in [2.24, 2.45) is 0 Å². The molecule has 51 heavy (non-hydrogen) atoms. The summed E-state index contributed by atoms with van der Waals surface area (Å²) in [6, 6.07) is 13.8. The van der Waals surface area contributed by atoms with Gasteiger partial charge in [-0.1, -0.05) is 18.2 Å². The summed E-state index contributed by atoms with van der Waals surface area (Å²) in [5.41, 5.74) is 1.44. The number of nitrogens with one attached hydrogen (secondary N) is 2. The monoisotopic (exact) mass is 704 g/mol. The van der Waals surface area contributed by atoms with Crippen LogP contribution in [0.25, 0.3) is 11.1 Å². The van der Waals surface area contributed by atoms with Crippen LogP contribution in [0.3, 0.4) is 0 Å². The molecule has 0 unspecified atom stereocenters. The molecule has 2 N–H and O–H groups in total. The predicted octanol–water partition coefficient (Wildman–Crippen LogP) is 6.36. The maximum absolute atomic E-state index is 15.9. The lowest BCUT2D eigenvalue weighted by Gasteiger charge is -2.23. The van der Waals surface area contributed by atoms with Gasteiger partial charge in [0.15, 0.2) is 0 Å². The fourth-order valence-electron chi connectivity index (χ4n) is 6.26. The normalized spacial score (nSPS) is 13.4. The Balaban J connectivity index is 1.35. The predicted molar refractivity (Wildman–Crippen MR) is 176 cm³/mol. The van der Waals surface area contributed by atoms with Crippen molar-refractivity contribution >= 4 is 11.8 Å². The highest BCUT2D eigenvalue weighted by molar-refractivity contribution is 5.95. The number of amides is 2. The van der Waals surface area contributed by atoms with Crippen LogP contribution in [-0.2, 0) is 48.1 Å². The molecule has 0 saturated carbocycles. The number of nitrogens with zero attached hydrogens (tertiary/aromatic N) is 4. The van der Waals surface area contributed by atoms with Gasteiger partial charge >= 0.3 is 6.11 Å². The molecule has 5 aromatic rings. The molecule has 0 bridgehead atoms. The van der Waals surface area contributed by atoms with Crippen LogP contribution in [0.4, 0.5) is 22.0 Å². The van der Waals surface area contributed by atoms with Crippen molar-refractivity contribution in [3.05, 3.63) is 136 Å². The average molecular weight is 705 g/mol. The van der Waals surface area contributed by atoms with Crippen LogP contribution in [-0.4, -0.2) is 38.6 Å². The van der Waals surface area contributed by atoms with Crippen LogP contribution < -0.4 is 10.6 Å². The van der Waals surface area contributed by atoms with E-state index < -0.39 is 60.3 Å². The molecule has 2 amide bonds. The van der Waals surface area contributed by atoms with Crippen LogP contribution in [0.2, 0.25) is 0 Å². The highest BCUT2D eigenvalue weighted by Crippen LogP contribution is 2.37. The molecule has 9 nitrogen and oxygen atoms in total. The Morgan fingerprint density at radius 2 is 1.71 bits per heavy atom. The maximum Gasteiger partial charge on any atom is 0.400 e. The van der Waals surface area contributed by atoms with Crippen LogP contribution in [0.15, 0.2) is 79.1 Å². The minimum Gasteiger partial charge on any atom is -0.355 e. The van der Waals surface area contributed by atoms with Crippen molar-refractivity contribution < 1.29 is 36.3 Å². The number of ether oxygens (including phenoxy) is 1. The maximum atomic E-state index is 15.9. The lowest BCUT2D eigenvalue weighted by atomic mass is 9.94. The summed E-state index contributed by atoms with van der Waals surface area (Å²) in [4.78, 5) is 34.7. The Morgan fingerprint density at radius 1 is 0.941 bits per heavy atom. The summed E-state index contributed by atoms with van der Waals surface area (Å²) in [6.07, 6.45) is 1.10. The number of aryl methyl sites for hydroxylation is 1. The molecule has 2 aromatic carbocycles. The number of benzene rings is 2. The SMILES string of the molecule is CNC(=O)c1cc(-c2cccnc2[C@H](Cc2cc(F)cc(F)c2)NC(=O)Cn2nc3c(c2C(F)(F)OCc2ccccn2)CCCC3)ccc1F. The third kappa shape index (κ3) is 8.12. The van der Waals surface area contributed by atoms with E-state index in [1.807, 2.05) is 0 Å². The summed E-state index contributed by atoms with van der Waals surface area (Å²) in [6.45, 7) is -1.13. The van der Waals surface area contributed by atoms with Gasteiger partial charge in [-0.25, -0.2) is 13.2 Å². The lowest BCUT2D eigenvalue weighted by Crippen LogP contribution is -2.35. The Bertz CT molecular complexity index is 2040. The van der Waals surface area contributed by atoms with Crippen molar-refractivity contribution in [3.8, 4) is 11.1 Å². The van der Waals surface area contributed by atoms with E-state index in [-0.39, 0.29) is 23.2 Å². The second-order valence-corrected chi connectivity index (χ2v) is 12.1. The van der Waals surface area contributed by atoms with Crippen molar-refractivity contribution in [1.29, 1.82) is 0 Å². The zero-order valence-electron chi connectivity index (χ0n) is 27.4. The van der Waals surface area contributed by atoms with E-state index in [0.29, 0.717) is 53.4 Å². The first-order chi connectivity index (χ1) is 24.5. The van der Waals surface area contributed by atoms with Gasteiger partial charge in [-0.3, -0.25) is 24.2 Å². The third-order valence-corrected chi connectivity index (χ3v) is 8.54. The molecule has 0 saturated heterocycles. The van der Waals surface area contributed by atoms with Crippen LogP contribution in [0, 0.1) is 17.5 Å². The van der Waals surface area contributed by atoms with E-state index in [1.165, 1.54) is 31.6 Å². The van der Waals surface area contributed by atoms with Gasteiger partial charge in [0.2, 0.25) is 5.91 Å². The lowest BCUT2D eigenvalue weighted by molar-refractivity contribution is -0.261. The van der Waals surface area contributed by atoms with Gasteiger partial charge in [-0.15, -0.1) is 0 Å². The Morgan fingerprint density at radius 3 is 2.45 bits per heavy atom. The zero-order chi connectivity index (χ0) is 36.1. The second kappa shape index (κ2) is 15.2. The van der Waals surface area contributed by atoms with E-state index in [2.05, 4.69) is 25.7 Å². The average Bonchev–Trinajstić information content (AvgIpc) is 3.49. The standard InChI is InChI=1S/C37H33F5N6O3/c1-43-36(50)29-18-23(11-12-30(29)40)27-9-6-14-45-34(27)32(17-22-15-24(38)19-25(39)16-22)46-33(49)20-48-35(28-8-2-3-10-31(28)47-48)37(41,42)51-21-26-7-4-5-13-44-26/h4-7,9,11-16,18-19,32H,2-3,8,10,17,20-21H2,1H3,(H,43,50)(H,46,49)/t32-/m0/s1. The van der Waals surface area contributed by atoms with Gasteiger partial charge < -0.3 is 15.4 Å². The van der Waals surface area contributed by atoms with Crippen LogP contribution in [0.5, 0.6) is 0 Å². The molecule has 0 spiro atoms. The smallest absolute Gasteiger partial charge is 0.355 e. The molecule has 14 heteroatoms. The first-order valence-corrected chi connectivity index (χ1v) is 16.2. The molecular weight excluding hydrogens is 671 g/mol. The van der Waals surface area contributed by atoms with Crippen molar-refractivity contribution in [3.63, 3.8) is 0 Å². The van der Waals surface area contributed by atoms with Crippen LogP contribution >= 0.6 is 0 Å². The molecule has 1 aliphatic rings. The van der Waals surface area contributed by atoms with E-state index in [4.69, 9.17) is 4.74 Å². The largest absolute Gasteiger partial charge is 0.400 e. The summed E-state index contributed by atoms with van der Waals surface area (Å²) in [5.74, 6) is -3.87. The number of aromatic nitrogens is 4. The van der Waals surface area contributed by atoms with Gasteiger partial charge in [0.05, 0.1) is 35.3 Å². The number of fused-ring (bicyclic) bond motifs is 1. The second-order valence-electron chi connectivity index (χ2n) is 12.1. The molecule has 0 fully saturated rings. The highest BCUT2D eigenvalue weighted by Gasteiger charge is 2.42. The quantitative estimate of drug-likeness (QED) is 0.146. The number of rotatable bonds is 12. The Kier molecular flexibility index (Phi) is 10.5.